The van der Waals surface area contributed by atoms with E-state index in [1.165, 1.54) is 17.7 Å². The van der Waals surface area contributed by atoms with E-state index in [0.29, 0.717) is 10.9 Å². The highest BCUT2D eigenvalue weighted by Gasteiger charge is 2.11. The van der Waals surface area contributed by atoms with Gasteiger partial charge >= 0.3 is 6.61 Å². The van der Waals surface area contributed by atoms with Crippen LogP contribution in [0.15, 0.2) is 78.9 Å². The predicted octanol–water partition coefficient (Wildman–Crippen LogP) is 7.87. The topological polar surface area (TPSA) is 9.23 Å². The van der Waals surface area contributed by atoms with Gasteiger partial charge in [-0.1, -0.05) is 80.1 Å². The minimum atomic E-state index is -2.84. The quantitative estimate of drug-likeness (QED) is 0.317. The minimum Gasteiger partial charge on any atom is -0.435 e. The van der Waals surface area contributed by atoms with Crippen molar-refractivity contribution in [2.75, 3.05) is 0 Å². The predicted molar refractivity (Wildman–Crippen MR) is 115 cm³/mol. The monoisotopic (exact) mass is 406 g/mol. The zero-order valence-electron chi connectivity index (χ0n) is 16.5. The van der Waals surface area contributed by atoms with Gasteiger partial charge in [-0.15, -0.1) is 0 Å². The lowest BCUT2D eigenvalue weighted by atomic mass is 9.96. The Labute approximate surface area is 173 Å². The second-order valence-electron chi connectivity index (χ2n) is 7.21. The van der Waals surface area contributed by atoms with Crippen LogP contribution < -0.4 is 4.74 Å². The normalized spacial score (nSPS) is 11.2. The number of fused-ring (bicyclic) bond motifs is 1. The number of halogens is 3. The van der Waals surface area contributed by atoms with Gasteiger partial charge in [0.25, 0.3) is 0 Å². The third-order valence-corrected chi connectivity index (χ3v) is 5.17. The summed E-state index contributed by atoms with van der Waals surface area (Å²) >= 11 is 0. The largest absolute Gasteiger partial charge is 0.435 e. The lowest BCUT2D eigenvalue weighted by Crippen LogP contribution is -2.01. The summed E-state index contributed by atoms with van der Waals surface area (Å²) in [7, 11) is 0. The number of ether oxygens (including phenoxy) is 1. The molecule has 0 radical (unpaired) electrons. The van der Waals surface area contributed by atoms with Crippen molar-refractivity contribution in [1.29, 1.82) is 0 Å². The maximum absolute atomic E-state index is 15.2. The molecule has 0 aliphatic heterocycles. The molecule has 152 valence electrons. The van der Waals surface area contributed by atoms with Gasteiger partial charge in [0.05, 0.1) is 0 Å². The number of rotatable bonds is 6. The van der Waals surface area contributed by atoms with E-state index < -0.39 is 6.61 Å². The van der Waals surface area contributed by atoms with Crippen molar-refractivity contribution < 1.29 is 17.9 Å². The summed E-state index contributed by atoms with van der Waals surface area (Å²) in [4.78, 5) is 0. The van der Waals surface area contributed by atoms with Crippen molar-refractivity contribution >= 4 is 10.8 Å². The third-order valence-electron chi connectivity index (χ3n) is 5.17. The lowest BCUT2D eigenvalue weighted by molar-refractivity contribution is -0.0498. The van der Waals surface area contributed by atoms with E-state index in [-0.39, 0.29) is 11.6 Å². The number of aryl methyl sites for hydroxylation is 1. The Morgan fingerprint density at radius 2 is 1.40 bits per heavy atom. The maximum atomic E-state index is 15.2. The molecule has 0 fully saturated rings. The maximum Gasteiger partial charge on any atom is 0.387 e. The van der Waals surface area contributed by atoms with E-state index in [2.05, 4.69) is 17.7 Å². The van der Waals surface area contributed by atoms with E-state index in [4.69, 9.17) is 0 Å². The first kappa shape index (κ1) is 20.0. The van der Waals surface area contributed by atoms with E-state index >= 15 is 4.39 Å². The first-order valence-corrected chi connectivity index (χ1v) is 9.92. The molecular formula is C26H21F3O. The summed E-state index contributed by atoms with van der Waals surface area (Å²) < 4.78 is 44.1. The molecule has 30 heavy (non-hydrogen) atoms. The van der Waals surface area contributed by atoms with Gasteiger partial charge in [-0.25, -0.2) is 4.39 Å². The molecule has 0 bridgehead atoms. The SMILES string of the molecule is CCCc1ccc2c(F)c(-c3ccc(-c4ccc(OC(F)F)cc4)cc3)ccc2c1. The Morgan fingerprint density at radius 3 is 2.03 bits per heavy atom. The van der Waals surface area contributed by atoms with E-state index in [9.17, 15) is 8.78 Å². The molecule has 0 heterocycles. The molecule has 0 saturated heterocycles. The number of alkyl halides is 2. The fourth-order valence-corrected chi connectivity index (χ4v) is 3.68. The van der Waals surface area contributed by atoms with Crippen LogP contribution in [-0.4, -0.2) is 6.61 Å². The van der Waals surface area contributed by atoms with Crippen LogP contribution in [0.5, 0.6) is 5.75 Å². The van der Waals surface area contributed by atoms with Crippen LogP contribution in [-0.2, 0) is 6.42 Å². The van der Waals surface area contributed by atoms with Crippen LogP contribution in [0.1, 0.15) is 18.9 Å². The van der Waals surface area contributed by atoms with E-state index in [1.807, 2.05) is 48.5 Å². The minimum absolute atomic E-state index is 0.116. The highest BCUT2D eigenvalue weighted by atomic mass is 19.3. The van der Waals surface area contributed by atoms with Crippen LogP contribution in [0.4, 0.5) is 13.2 Å². The van der Waals surface area contributed by atoms with E-state index in [0.717, 1.165) is 34.9 Å². The van der Waals surface area contributed by atoms with Crippen molar-refractivity contribution in [3.8, 4) is 28.0 Å². The van der Waals surface area contributed by atoms with Gasteiger partial charge in [0, 0.05) is 10.9 Å². The van der Waals surface area contributed by atoms with Gasteiger partial charge in [0.15, 0.2) is 0 Å². The highest BCUT2D eigenvalue weighted by Crippen LogP contribution is 2.31. The molecule has 0 amide bonds. The molecule has 1 nitrogen and oxygen atoms in total. The fraction of sp³-hybridized carbons (Fsp3) is 0.154. The second kappa shape index (κ2) is 8.62. The van der Waals surface area contributed by atoms with Crippen LogP contribution >= 0.6 is 0 Å². The zero-order chi connectivity index (χ0) is 21.1. The van der Waals surface area contributed by atoms with Crippen molar-refractivity contribution in [2.45, 2.75) is 26.4 Å². The Kier molecular flexibility index (Phi) is 5.75. The molecule has 0 N–H and O–H groups in total. The van der Waals surface area contributed by atoms with E-state index in [1.54, 1.807) is 12.1 Å². The average Bonchev–Trinajstić information content (AvgIpc) is 2.75. The van der Waals surface area contributed by atoms with Gasteiger partial charge in [-0.3, -0.25) is 0 Å². The van der Waals surface area contributed by atoms with Gasteiger partial charge < -0.3 is 4.74 Å². The number of benzene rings is 4. The summed E-state index contributed by atoms with van der Waals surface area (Å²) in [6, 6.07) is 23.7. The molecule has 0 aromatic heterocycles. The Bertz CT molecular complexity index is 1150. The average molecular weight is 406 g/mol. The van der Waals surface area contributed by atoms with Gasteiger partial charge in [0.2, 0.25) is 0 Å². The lowest BCUT2D eigenvalue weighted by Gasteiger charge is -2.10. The molecule has 4 heteroatoms. The van der Waals surface area contributed by atoms with Gasteiger partial charge in [0.1, 0.15) is 11.6 Å². The Balaban J connectivity index is 1.61. The highest BCUT2D eigenvalue weighted by molar-refractivity contribution is 5.89. The summed E-state index contributed by atoms with van der Waals surface area (Å²) in [6.45, 7) is -0.714. The molecule has 4 aromatic rings. The van der Waals surface area contributed by atoms with Crippen LogP contribution in [0, 0.1) is 5.82 Å². The second-order valence-corrected chi connectivity index (χ2v) is 7.21. The summed E-state index contributed by atoms with van der Waals surface area (Å²) in [6.07, 6.45) is 2.04. The standard InChI is InChI=1S/C26H21F3O/c1-2-3-17-4-14-24-21(16-17)11-15-23(25(24)27)20-7-5-18(6-8-20)19-9-12-22(13-10-19)30-26(28)29/h4-16,26H,2-3H2,1H3. The molecule has 4 aromatic carbocycles. The molecule has 0 aliphatic rings. The van der Waals surface area contributed by atoms with Crippen LogP contribution in [0.25, 0.3) is 33.0 Å². The van der Waals surface area contributed by atoms with Crippen LogP contribution in [0.2, 0.25) is 0 Å². The first-order valence-electron chi connectivity index (χ1n) is 9.92. The third kappa shape index (κ3) is 4.18. The van der Waals surface area contributed by atoms with Gasteiger partial charge in [-0.05, 0) is 46.2 Å². The van der Waals surface area contributed by atoms with Crippen molar-refractivity contribution in [2.24, 2.45) is 0 Å². The molecule has 0 saturated carbocycles. The zero-order valence-corrected chi connectivity index (χ0v) is 16.5. The van der Waals surface area contributed by atoms with Crippen LogP contribution in [0.3, 0.4) is 0 Å². The van der Waals surface area contributed by atoms with Crippen molar-refractivity contribution in [3.05, 3.63) is 90.2 Å². The Morgan fingerprint density at radius 1 is 0.767 bits per heavy atom. The molecule has 0 atom stereocenters. The Hall–Kier alpha value is -3.27. The number of hydrogen-bond acceptors (Lipinski definition) is 1. The van der Waals surface area contributed by atoms with Gasteiger partial charge in [-0.2, -0.15) is 8.78 Å². The molecular weight excluding hydrogens is 385 g/mol. The molecule has 0 spiro atoms. The summed E-state index contributed by atoms with van der Waals surface area (Å²) in [5.74, 6) is -0.109. The fourth-order valence-electron chi connectivity index (χ4n) is 3.68. The summed E-state index contributed by atoms with van der Waals surface area (Å²) in [5.41, 5.74) is 4.33. The smallest absolute Gasteiger partial charge is 0.387 e. The van der Waals surface area contributed by atoms with Crippen molar-refractivity contribution in [1.82, 2.24) is 0 Å². The number of hydrogen-bond donors (Lipinski definition) is 0. The van der Waals surface area contributed by atoms with Crippen molar-refractivity contribution in [3.63, 3.8) is 0 Å². The molecule has 0 unspecified atom stereocenters. The molecule has 0 aliphatic carbocycles. The molecule has 4 rings (SSSR count). The summed E-state index contributed by atoms with van der Waals surface area (Å²) in [5, 5.41) is 1.52. The first-order chi connectivity index (χ1) is 14.5.